The summed E-state index contributed by atoms with van der Waals surface area (Å²) in [5.74, 6) is -11.1. The first-order valence-corrected chi connectivity index (χ1v) is 13.6. The molecule has 45 heavy (non-hydrogen) atoms. The fourth-order valence-electron chi connectivity index (χ4n) is 3.47. The molecule has 0 aliphatic carbocycles. The maximum Gasteiger partial charge on any atom is 0.308 e. The normalized spacial score (nSPS) is 11.6. The van der Waals surface area contributed by atoms with Gasteiger partial charge in [0.2, 0.25) is 0 Å². The van der Waals surface area contributed by atoms with Crippen LogP contribution in [0.3, 0.4) is 0 Å². The van der Waals surface area contributed by atoms with Crippen LogP contribution in [0.2, 0.25) is 0 Å². The van der Waals surface area contributed by atoms with Gasteiger partial charge < -0.3 is 9.47 Å². The molecule has 0 radical (unpaired) electrons. The second-order valence-electron chi connectivity index (χ2n) is 10.2. The van der Waals surface area contributed by atoms with Crippen molar-refractivity contribution in [3.63, 3.8) is 0 Å². The first kappa shape index (κ1) is 43.2. The second kappa shape index (κ2) is 20.1. The van der Waals surface area contributed by atoms with Crippen LogP contribution in [0.15, 0.2) is 30.8 Å². The van der Waals surface area contributed by atoms with Crippen LogP contribution in [0.1, 0.15) is 92.7 Å². The van der Waals surface area contributed by atoms with Crippen LogP contribution >= 0.6 is 0 Å². The van der Waals surface area contributed by atoms with Crippen molar-refractivity contribution in [2.24, 2.45) is 5.92 Å². The average molecular weight is 649 g/mol. The van der Waals surface area contributed by atoms with Gasteiger partial charge in [0.1, 0.15) is 17.4 Å². The van der Waals surface area contributed by atoms with E-state index in [0.717, 1.165) is 26.0 Å². The molecule has 2 unspecified atom stereocenters. The number of rotatable bonds is 10. The molecule has 2 rings (SSSR count). The molecule has 0 heterocycles. The van der Waals surface area contributed by atoms with Crippen molar-refractivity contribution in [1.29, 1.82) is 0 Å². The Labute approximate surface area is 260 Å². The zero-order valence-corrected chi connectivity index (χ0v) is 26.0. The van der Waals surface area contributed by atoms with Gasteiger partial charge in [0.25, 0.3) is 0 Å². The van der Waals surface area contributed by atoms with E-state index in [9.17, 15) is 45.5 Å². The number of allylic oxidation sites excluding steroid dienone is 1. The smallest absolute Gasteiger partial charge is 0.308 e. The predicted molar refractivity (Wildman–Crippen MR) is 159 cm³/mol. The Morgan fingerprint density at radius 1 is 0.733 bits per heavy atom. The van der Waals surface area contributed by atoms with Gasteiger partial charge in [-0.3, -0.25) is 19.2 Å². The molecule has 0 aliphatic rings. The summed E-state index contributed by atoms with van der Waals surface area (Å²) in [5.41, 5.74) is -1.71. The molecule has 2 atom stereocenters. The number of halogens is 6. The van der Waals surface area contributed by atoms with Crippen LogP contribution in [-0.2, 0) is 28.7 Å². The second-order valence-corrected chi connectivity index (χ2v) is 10.2. The monoisotopic (exact) mass is 648 g/mol. The van der Waals surface area contributed by atoms with Gasteiger partial charge in [-0.2, -0.15) is 0 Å². The van der Waals surface area contributed by atoms with Gasteiger partial charge in [0.15, 0.2) is 29.1 Å². The van der Waals surface area contributed by atoms with E-state index in [-0.39, 0.29) is 37.6 Å². The first-order chi connectivity index (χ1) is 20.3. The Bertz CT molecular complexity index is 1340. The molecular formula is C33H42F6O6. The third kappa shape index (κ3) is 14.1. The number of ether oxygens (including phenoxy) is 2. The molecule has 0 amide bonds. The lowest BCUT2D eigenvalue weighted by atomic mass is 9.86. The summed E-state index contributed by atoms with van der Waals surface area (Å²) in [4.78, 5) is 44.7. The van der Waals surface area contributed by atoms with Gasteiger partial charge >= 0.3 is 11.9 Å². The topological polar surface area (TPSA) is 86.7 Å². The first-order valence-electron chi connectivity index (χ1n) is 13.6. The van der Waals surface area contributed by atoms with Crippen molar-refractivity contribution in [1.82, 2.24) is 0 Å². The minimum Gasteiger partial charge on any atom is -0.463 e. The van der Waals surface area contributed by atoms with E-state index in [0.29, 0.717) is 18.6 Å². The zero-order valence-electron chi connectivity index (χ0n) is 26.0. The summed E-state index contributed by atoms with van der Waals surface area (Å²) in [6.07, 6.45) is 0.00641. The van der Waals surface area contributed by atoms with Gasteiger partial charge in [-0.05, 0) is 72.2 Å². The molecule has 12 heteroatoms. The molecule has 0 N–H and O–H groups in total. The van der Waals surface area contributed by atoms with E-state index >= 15 is 0 Å². The number of ketones is 2. The molecule has 2 aromatic rings. The number of benzene rings is 2. The lowest BCUT2D eigenvalue weighted by Crippen LogP contribution is -2.24. The Hall–Kier alpha value is -3.96. The van der Waals surface area contributed by atoms with Gasteiger partial charge in [0, 0.05) is 23.5 Å². The van der Waals surface area contributed by atoms with Crippen LogP contribution in [0, 0.1) is 40.8 Å². The summed E-state index contributed by atoms with van der Waals surface area (Å²) in [6.45, 7) is 15.7. The molecule has 252 valence electrons. The molecule has 0 saturated carbocycles. The number of Topliss-reactive ketones (excluding diaryl/α,β-unsaturated/α-hetero) is 2. The standard InChI is InChI=1S/C16H19F3O3.C10H7F3O.C6H12O2.CH4/c1-8(2)22-16(21)9(3)7-11(10(4)20)14-12(17)5-6-13(18)15(14)19;1-5(6(2)14)9-7(11)3-4-8(12)10(9)13;1-4-6(7)8-5(2)3;/h5-6,8-9,11H,7H2,1-4H3;3-4H,1H2,2H3;5H,4H2,1-3H3;1H4. The highest BCUT2D eigenvalue weighted by Gasteiger charge is 2.30. The predicted octanol–water partition coefficient (Wildman–Crippen LogP) is 8.44. The van der Waals surface area contributed by atoms with E-state index in [4.69, 9.17) is 9.47 Å². The molecule has 0 bridgehead atoms. The number of hydrogen-bond donors (Lipinski definition) is 0. The Morgan fingerprint density at radius 2 is 1.18 bits per heavy atom. The van der Waals surface area contributed by atoms with Crippen LogP contribution < -0.4 is 0 Å². The summed E-state index contributed by atoms with van der Waals surface area (Å²) < 4.78 is 89.5. The van der Waals surface area contributed by atoms with Crippen molar-refractivity contribution in [2.45, 2.75) is 93.8 Å². The van der Waals surface area contributed by atoms with Crippen LogP contribution in [-0.4, -0.2) is 35.7 Å². The summed E-state index contributed by atoms with van der Waals surface area (Å²) in [7, 11) is 0. The van der Waals surface area contributed by atoms with Gasteiger partial charge in [-0.15, -0.1) is 0 Å². The third-order valence-electron chi connectivity index (χ3n) is 5.69. The van der Waals surface area contributed by atoms with Crippen molar-refractivity contribution in [2.75, 3.05) is 0 Å². The maximum atomic E-state index is 13.9. The van der Waals surface area contributed by atoms with E-state index in [1.54, 1.807) is 20.8 Å². The highest BCUT2D eigenvalue weighted by Crippen LogP contribution is 2.31. The highest BCUT2D eigenvalue weighted by atomic mass is 19.2. The number of carbonyl (C=O) groups excluding carboxylic acids is 4. The van der Waals surface area contributed by atoms with E-state index in [2.05, 4.69) is 6.58 Å². The molecule has 0 aromatic heterocycles. The van der Waals surface area contributed by atoms with Crippen molar-refractivity contribution in [3.05, 3.63) is 76.9 Å². The SMILES string of the molecule is C.C=C(C(C)=O)c1c(F)ccc(F)c1F.CC(=O)C(CC(C)C(=O)OC(C)C)c1c(F)ccc(F)c1F.CCC(=O)OC(C)C. The number of hydrogen-bond acceptors (Lipinski definition) is 6. The molecule has 2 aromatic carbocycles. The lowest BCUT2D eigenvalue weighted by molar-refractivity contribution is -0.152. The third-order valence-corrected chi connectivity index (χ3v) is 5.69. The fourth-order valence-corrected chi connectivity index (χ4v) is 3.47. The fraction of sp³-hybridized carbons (Fsp3) is 0.455. The molecule has 6 nitrogen and oxygen atoms in total. The Kier molecular flexibility index (Phi) is 19.3. The summed E-state index contributed by atoms with van der Waals surface area (Å²) in [6, 6.07) is 2.83. The average Bonchev–Trinajstić information content (AvgIpc) is 2.92. The largest absolute Gasteiger partial charge is 0.463 e. The Balaban J connectivity index is 0. The molecule has 0 fully saturated rings. The van der Waals surface area contributed by atoms with Crippen LogP contribution in [0.5, 0.6) is 0 Å². The summed E-state index contributed by atoms with van der Waals surface area (Å²) in [5, 5.41) is 0. The lowest BCUT2D eigenvalue weighted by Gasteiger charge is -2.20. The minimum absolute atomic E-state index is 0. The highest BCUT2D eigenvalue weighted by molar-refractivity contribution is 6.18. The van der Waals surface area contributed by atoms with E-state index in [1.165, 1.54) is 6.92 Å². The van der Waals surface area contributed by atoms with Crippen LogP contribution in [0.4, 0.5) is 26.3 Å². The number of esters is 2. The van der Waals surface area contributed by atoms with Crippen molar-refractivity contribution < 1.29 is 55.0 Å². The van der Waals surface area contributed by atoms with Gasteiger partial charge in [-0.25, -0.2) is 26.3 Å². The zero-order chi connectivity index (χ0) is 34.5. The van der Waals surface area contributed by atoms with E-state index < -0.39 is 75.4 Å². The molecular weight excluding hydrogens is 606 g/mol. The molecule has 0 saturated heterocycles. The Morgan fingerprint density at radius 3 is 1.58 bits per heavy atom. The van der Waals surface area contributed by atoms with Crippen molar-refractivity contribution in [3.8, 4) is 0 Å². The van der Waals surface area contributed by atoms with Gasteiger partial charge in [-0.1, -0.05) is 27.9 Å². The molecule has 0 aliphatic heterocycles. The quantitative estimate of drug-likeness (QED) is 0.111. The minimum atomic E-state index is -1.40. The van der Waals surface area contributed by atoms with E-state index in [1.807, 2.05) is 13.8 Å². The summed E-state index contributed by atoms with van der Waals surface area (Å²) >= 11 is 0. The maximum absolute atomic E-state index is 13.9. The van der Waals surface area contributed by atoms with Crippen LogP contribution in [0.25, 0.3) is 5.57 Å². The van der Waals surface area contributed by atoms with Crippen molar-refractivity contribution >= 4 is 29.1 Å². The van der Waals surface area contributed by atoms with Gasteiger partial charge in [0.05, 0.1) is 23.7 Å². The molecule has 0 spiro atoms. The number of carbonyl (C=O) groups is 4.